The molecule has 0 saturated heterocycles. The van der Waals surface area contributed by atoms with Crippen molar-refractivity contribution in [3.63, 3.8) is 0 Å². The van der Waals surface area contributed by atoms with Crippen LogP contribution < -0.4 is 5.73 Å². The van der Waals surface area contributed by atoms with Gasteiger partial charge in [0.2, 0.25) is 0 Å². The summed E-state index contributed by atoms with van der Waals surface area (Å²) in [6.45, 7) is 5.28. The average Bonchev–Trinajstić information content (AvgIpc) is 2.67. The fourth-order valence-corrected chi connectivity index (χ4v) is 3.50. The Morgan fingerprint density at radius 3 is 2.40 bits per heavy atom. The van der Waals surface area contributed by atoms with Crippen LogP contribution in [0.5, 0.6) is 0 Å². The molecule has 1 atom stereocenters. The first-order chi connectivity index (χ1) is 9.58. The van der Waals surface area contributed by atoms with Crippen molar-refractivity contribution in [1.29, 1.82) is 0 Å². The Morgan fingerprint density at radius 2 is 1.80 bits per heavy atom. The second-order valence-electron chi connectivity index (χ2n) is 6.55. The summed E-state index contributed by atoms with van der Waals surface area (Å²) in [7, 11) is 2.25. The summed E-state index contributed by atoms with van der Waals surface area (Å²) in [5, 5.41) is 0. The van der Waals surface area contributed by atoms with Crippen molar-refractivity contribution >= 4 is 0 Å². The molecule has 20 heavy (non-hydrogen) atoms. The number of rotatable bonds is 4. The monoisotopic (exact) mass is 274 g/mol. The highest BCUT2D eigenvalue weighted by atomic mass is 15.1. The summed E-state index contributed by atoms with van der Waals surface area (Å²) in [6, 6.07) is 7.48. The van der Waals surface area contributed by atoms with Gasteiger partial charge in [-0.25, -0.2) is 0 Å². The lowest BCUT2D eigenvalue weighted by Gasteiger charge is -2.30. The first-order valence-electron chi connectivity index (χ1n) is 8.11. The maximum atomic E-state index is 6.45. The molecule has 2 heteroatoms. The molecular formula is C18H30N2. The van der Waals surface area contributed by atoms with E-state index >= 15 is 0 Å². The van der Waals surface area contributed by atoms with Gasteiger partial charge in [0.15, 0.2) is 0 Å². The number of hydrogen-bond donors (Lipinski definition) is 1. The van der Waals surface area contributed by atoms with E-state index in [-0.39, 0.29) is 6.04 Å². The van der Waals surface area contributed by atoms with Gasteiger partial charge < -0.3 is 10.6 Å². The molecule has 0 aliphatic heterocycles. The second-order valence-corrected chi connectivity index (χ2v) is 6.55. The van der Waals surface area contributed by atoms with E-state index in [4.69, 9.17) is 5.73 Å². The molecular weight excluding hydrogens is 244 g/mol. The molecule has 0 aromatic heterocycles. The third-order valence-corrected chi connectivity index (χ3v) is 4.76. The van der Waals surface area contributed by atoms with Gasteiger partial charge in [-0.1, -0.05) is 49.4 Å². The van der Waals surface area contributed by atoms with Gasteiger partial charge in [-0.3, -0.25) is 0 Å². The van der Waals surface area contributed by atoms with Crippen LogP contribution in [0.3, 0.4) is 0 Å². The largest absolute Gasteiger partial charge is 0.323 e. The number of nitrogens with zero attached hydrogens (tertiary/aromatic N) is 1. The Balaban J connectivity index is 1.97. The third kappa shape index (κ3) is 4.07. The van der Waals surface area contributed by atoms with Gasteiger partial charge in [-0.2, -0.15) is 0 Å². The maximum Gasteiger partial charge on any atom is 0.0426 e. The predicted molar refractivity (Wildman–Crippen MR) is 87.0 cm³/mol. The van der Waals surface area contributed by atoms with Crippen molar-refractivity contribution in [2.75, 3.05) is 13.6 Å². The van der Waals surface area contributed by atoms with Crippen molar-refractivity contribution in [2.24, 2.45) is 5.73 Å². The van der Waals surface area contributed by atoms with Crippen LogP contribution in [-0.4, -0.2) is 24.5 Å². The van der Waals surface area contributed by atoms with Crippen LogP contribution in [0, 0.1) is 13.8 Å². The highest BCUT2D eigenvalue weighted by molar-refractivity contribution is 5.32. The molecule has 0 radical (unpaired) electrons. The van der Waals surface area contributed by atoms with Crippen molar-refractivity contribution < 1.29 is 0 Å². The highest BCUT2D eigenvalue weighted by Crippen LogP contribution is 2.23. The molecule has 0 bridgehead atoms. The molecule has 1 aliphatic rings. The van der Waals surface area contributed by atoms with E-state index < -0.39 is 0 Å². The minimum atomic E-state index is 0.129. The van der Waals surface area contributed by atoms with Crippen molar-refractivity contribution in [3.05, 3.63) is 34.9 Å². The standard InChI is InChI=1S/C18H30N2/c1-14-10-11-17(15(2)12-14)18(19)13-20(3)16-8-6-4-5-7-9-16/h10-12,16,18H,4-9,13,19H2,1-3H3. The van der Waals surface area contributed by atoms with E-state index in [0.717, 1.165) is 12.6 Å². The molecule has 1 aromatic rings. The van der Waals surface area contributed by atoms with Crippen molar-refractivity contribution in [1.82, 2.24) is 4.90 Å². The Kier molecular flexibility index (Phi) is 5.62. The number of benzene rings is 1. The van der Waals surface area contributed by atoms with Crippen molar-refractivity contribution in [3.8, 4) is 0 Å². The smallest absolute Gasteiger partial charge is 0.0426 e. The molecule has 1 aromatic carbocycles. The number of aryl methyl sites for hydroxylation is 2. The zero-order valence-electron chi connectivity index (χ0n) is 13.4. The topological polar surface area (TPSA) is 29.3 Å². The quantitative estimate of drug-likeness (QED) is 0.842. The molecule has 0 spiro atoms. The maximum absolute atomic E-state index is 6.45. The van der Waals surface area contributed by atoms with Gasteiger partial charge in [-0.05, 0) is 44.9 Å². The van der Waals surface area contributed by atoms with E-state index in [2.05, 4.69) is 44.0 Å². The van der Waals surface area contributed by atoms with Crippen LogP contribution in [0.25, 0.3) is 0 Å². The van der Waals surface area contributed by atoms with E-state index in [1.807, 2.05) is 0 Å². The van der Waals surface area contributed by atoms with Crippen LogP contribution in [0.4, 0.5) is 0 Å². The summed E-state index contributed by atoms with van der Waals surface area (Å²) in [5.41, 5.74) is 10.4. The minimum Gasteiger partial charge on any atom is -0.323 e. The summed E-state index contributed by atoms with van der Waals surface area (Å²) in [6.07, 6.45) is 8.27. The molecule has 2 N–H and O–H groups in total. The van der Waals surface area contributed by atoms with E-state index in [0.29, 0.717) is 0 Å². The fraction of sp³-hybridized carbons (Fsp3) is 0.667. The summed E-state index contributed by atoms with van der Waals surface area (Å²) in [4.78, 5) is 2.50. The molecule has 0 heterocycles. The van der Waals surface area contributed by atoms with Crippen LogP contribution >= 0.6 is 0 Å². The summed E-state index contributed by atoms with van der Waals surface area (Å²) >= 11 is 0. The molecule has 1 saturated carbocycles. The molecule has 1 aliphatic carbocycles. The molecule has 2 nitrogen and oxygen atoms in total. The summed E-state index contributed by atoms with van der Waals surface area (Å²) in [5.74, 6) is 0. The average molecular weight is 274 g/mol. The van der Waals surface area contributed by atoms with E-state index in [9.17, 15) is 0 Å². The lowest BCUT2D eigenvalue weighted by Crippen LogP contribution is -2.37. The Labute approximate surface area is 124 Å². The van der Waals surface area contributed by atoms with Crippen molar-refractivity contribution in [2.45, 2.75) is 64.5 Å². The Hall–Kier alpha value is -0.860. The Bertz CT molecular complexity index is 419. The number of nitrogens with two attached hydrogens (primary N) is 1. The molecule has 1 unspecified atom stereocenters. The van der Waals surface area contributed by atoms with Gasteiger partial charge in [0.25, 0.3) is 0 Å². The van der Waals surface area contributed by atoms with Crippen LogP contribution in [0.2, 0.25) is 0 Å². The lowest BCUT2D eigenvalue weighted by molar-refractivity contribution is 0.209. The lowest BCUT2D eigenvalue weighted by atomic mass is 9.98. The third-order valence-electron chi connectivity index (χ3n) is 4.76. The molecule has 2 rings (SSSR count). The summed E-state index contributed by atoms with van der Waals surface area (Å²) < 4.78 is 0. The van der Waals surface area contributed by atoms with E-state index in [1.165, 1.54) is 55.2 Å². The van der Waals surface area contributed by atoms with Gasteiger partial charge in [0.1, 0.15) is 0 Å². The van der Waals surface area contributed by atoms with Gasteiger partial charge >= 0.3 is 0 Å². The normalized spacial score (nSPS) is 19.1. The SMILES string of the molecule is Cc1ccc(C(N)CN(C)C2CCCCCC2)c(C)c1. The predicted octanol–water partition coefficient (Wildman–Crippen LogP) is 3.96. The minimum absolute atomic E-state index is 0.129. The number of likely N-dealkylation sites (N-methyl/N-ethyl adjacent to an activating group) is 1. The zero-order valence-corrected chi connectivity index (χ0v) is 13.4. The Morgan fingerprint density at radius 1 is 1.15 bits per heavy atom. The molecule has 0 amide bonds. The van der Waals surface area contributed by atoms with Crippen LogP contribution in [0.1, 0.15) is 61.3 Å². The number of hydrogen-bond acceptors (Lipinski definition) is 2. The second kappa shape index (κ2) is 7.24. The first-order valence-corrected chi connectivity index (χ1v) is 8.11. The van der Waals surface area contributed by atoms with Gasteiger partial charge in [0, 0.05) is 18.6 Å². The first kappa shape index (κ1) is 15.5. The fourth-order valence-electron chi connectivity index (χ4n) is 3.50. The molecule has 112 valence electrons. The molecule has 1 fully saturated rings. The van der Waals surface area contributed by atoms with E-state index in [1.54, 1.807) is 0 Å². The zero-order chi connectivity index (χ0) is 14.5. The highest BCUT2D eigenvalue weighted by Gasteiger charge is 2.19. The van der Waals surface area contributed by atoms with Gasteiger partial charge in [-0.15, -0.1) is 0 Å². The van der Waals surface area contributed by atoms with Crippen LogP contribution in [-0.2, 0) is 0 Å². The van der Waals surface area contributed by atoms with Gasteiger partial charge in [0.05, 0.1) is 0 Å². The van der Waals surface area contributed by atoms with Crippen LogP contribution in [0.15, 0.2) is 18.2 Å².